The second kappa shape index (κ2) is 3.96. The van der Waals surface area contributed by atoms with Crippen LogP contribution in [0.25, 0.3) is 0 Å². The topological polar surface area (TPSA) is 42.2 Å². The Kier molecular flexibility index (Phi) is 2.78. The number of hydrogen-bond donors (Lipinski definition) is 1. The van der Waals surface area contributed by atoms with E-state index < -0.39 is 0 Å². The molecule has 0 radical (unpaired) electrons. The third-order valence-corrected chi connectivity index (χ3v) is 3.54. The quantitative estimate of drug-likeness (QED) is 0.789. The highest BCUT2D eigenvalue weighted by atomic mass is 15.2. The first-order valence-corrected chi connectivity index (χ1v) is 5.93. The van der Waals surface area contributed by atoms with E-state index >= 15 is 0 Å². The molecule has 1 aromatic rings. The molecule has 0 amide bonds. The molecule has 1 fully saturated rings. The number of aromatic nitrogens is 1. The van der Waals surface area contributed by atoms with E-state index in [1.165, 1.54) is 12.1 Å². The molecule has 1 atom stereocenters. The molecule has 1 saturated heterocycles. The zero-order valence-corrected chi connectivity index (χ0v) is 10.4. The normalized spacial score (nSPS) is 21.4. The summed E-state index contributed by atoms with van der Waals surface area (Å²) in [5.74, 6) is 1.37. The van der Waals surface area contributed by atoms with E-state index in [9.17, 15) is 0 Å². The van der Waals surface area contributed by atoms with Crippen LogP contribution >= 0.6 is 0 Å². The highest BCUT2D eigenvalue weighted by Gasteiger charge is 2.31. The fourth-order valence-corrected chi connectivity index (χ4v) is 2.33. The first-order chi connectivity index (χ1) is 7.47. The Hall–Kier alpha value is -1.25. The van der Waals surface area contributed by atoms with Crippen molar-refractivity contribution in [2.24, 2.45) is 11.3 Å². The molecule has 2 rings (SSSR count). The van der Waals surface area contributed by atoms with Gasteiger partial charge >= 0.3 is 0 Å². The van der Waals surface area contributed by atoms with Gasteiger partial charge in [0.2, 0.25) is 0 Å². The van der Waals surface area contributed by atoms with E-state index in [0.29, 0.717) is 11.2 Å². The van der Waals surface area contributed by atoms with Crippen LogP contribution in [0.4, 0.5) is 11.5 Å². The van der Waals surface area contributed by atoms with Gasteiger partial charge < -0.3 is 10.6 Å². The number of nitrogen functional groups attached to an aromatic ring is 1. The number of hydrogen-bond acceptors (Lipinski definition) is 3. The fourth-order valence-electron chi connectivity index (χ4n) is 2.33. The molecular weight excluding hydrogens is 198 g/mol. The Balaban J connectivity index is 2.09. The number of rotatable bonds is 1. The van der Waals surface area contributed by atoms with Gasteiger partial charge in [-0.2, -0.15) is 0 Å². The van der Waals surface area contributed by atoms with E-state index in [2.05, 4.69) is 30.7 Å². The van der Waals surface area contributed by atoms with Gasteiger partial charge in [0.15, 0.2) is 0 Å². The van der Waals surface area contributed by atoms with Gasteiger partial charge in [0.25, 0.3) is 0 Å². The summed E-state index contributed by atoms with van der Waals surface area (Å²) in [6.07, 6.45) is 3.06. The first kappa shape index (κ1) is 11.2. The highest BCUT2D eigenvalue weighted by molar-refractivity contribution is 5.52. The lowest BCUT2D eigenvalue weighted by molar-refractivity contribution is 0.263. The van der Waals surface area contributed by atoms with Gasteiger partial charge in [-0.25, -0.2) is 4.98 Å². The zero-order chi connectivity index (χ0) is 11.8. The van der Waals surface area contributed by atoms with Crippen molar-refractivity contribution in [3.63, 3.8) is 0 Å². The highest BCUT2D eigenvalue weighted by Crippen LogP contribution is 2.35. The summed E-state index contributed by atoms with van der Waals surface area (Å²) in [5.41, 5.74) is 7.31. The smallest absolute Gasteiger partial charge is 0.125 e. The maximum Gasteiger partial charge on any atom is 0.125 e. The Morgan fingerprint density at radius 3 is 2.75 bits per heavy atom. The van der Waals surface area contributed by atoms with Gasteiger partial charge in [0.1, 0.15) is 5.82 Å². The average molecular weight is 219 g/mol. The number of pyridine rings is 1. The molecule has 0 spiro atoms. The van der Waals surface area contributed by atoms with Crippen LogP contribution in [-0.4, -0.2) is 18.1 Å². The van der Waals surface area contributed by atoms with Crippen molar-refractivity contribution in [3.8, 4) is 0 Å². The van der Waals surface area contributed by atoms with Crippen LogP contribution in [0.1, 0.15) is 27.2 Å². The van der Waals surface area contributed by atoms with Gasteiger partial charge in [0, 0.05) is 31.0 Å². The van der Waals surface area contributed by atoms with Gasteiger partial charge in [-0.05, 0) is 23.8 Å². The van der Waals surface area contributed by atoms with Crippen LogP contribution in [0.3, 0.4) is 0 Å². The lowest BCUT2D eigenvalue weighted by Crippen LogP contribution is -2.25. The molecule has 1 aliphatic rings. The molecule has 2 N–H and O–H groups in total. The van der Waals surface area contributed by atoms with Crippen molar-refractivity contribution in [2.45, 2.75) is 27.2 Å². The van der Waals surface area contributed by atoms with Crippen LogP contribution in [0.5, 0.6) is 0 Å². The molecule has 3 heteroatoms. The summed E-state index contributed by atoms with van der Waals surface area (Å²) in [4.78, 5) is 6.44. The number of nitrogens with zero attached hydrogens (tertiary/aromatic N) is 2. The summed E-state index contributed by atoms with van der Waals surface area (Å²) in [5, 5.41) is 0. The Labute approximate surface area is 97.7 Å². The second-order valence-electron chi connectivity index (χ2n) is 5.74. The van der Waals surface area contributed by atoms with Gasteiger partial charge in [-0.1, -0.05) is 20.8 Å². The first-order valence-electron chi connectivity index (χ1n) is 5.93. The monoisotopic (exact) mass is 219 g/mol. The summed E-state index contributed by atoms with van der Waals surface area (Å²) in [6, 6.07) is 4.01. The molecule has 0 saturated carbocycles. The van der Waals surface area contributed by atoms with Crippen molar-refractivity contribution in [2.75, 3.05) is 23.7 Å². The van der Waals surface area contributed by atoms with Gasteiger partial charge in [0.05, 0.1) is 0 Å². The summed E-state index contributed by atoms with van der Waals surface area (Å²) in [6.45, 7) is 9.23. The van der Waals surface area contributed by atoms with Crippen molar-refractivity contribution < 1.29 is 0 Å². The third-order valence-electron chi connectivity index (χ3n) is 3.54. The minimum Gasteiger partial charge on any atom is -0.384 e. The molecular formula is C13H21N3. The molecule has 1 unspecified atom stereocenters. The zero-order valence-electron chi connectivity index (χ0n) is 10.4. The van der Waals surface area contributed by atoms with Crippen LogP contribution in [-0.2, 0) is 0 Å². The molecule has 0 aromatic carbocycles. The lowest BCUT2D eigenvalue weighted by atomic mass is 9.80. The van der Waals surface area contributed by atoms with E-state index in [4.69, 9.17) is 5.73 Å². The average Bonchev–Trinajstić information content (AvgIpc) is 2.65. The van der Waals surface area contributed by atoms with E-state index in [1.807, 2.05) is 12.1 Å². The second-order valence-corrected chi connectivity index (χ2v) is 5.74. The molecule has 3 nitrogen and oxygen atoms in total. The van der Waals surface area contributed by atoms with Crippen molar-refractivity contribution in [1.82, 2.24) is 4.98 Å². The largest absolute Gasteiger partial charge is 0.384 e. The van der Waals surface area contributed by atoms with Crippen LogP contribution < -0.4 is 10.6 Å². The Morgan fingerprint density at radius 1 is 1.44 bits per heavy atom. The maximum atomic E-state index is 5.71. The molecule has 2 heterocycles. The fraction of sp³-hybridized carbons (Fsp3) is 0.615. The number of nitrogens with two attached hydrogens (primary N) is 1. The Morgan fingerprint density at radius 2 is 2.19 bits per heavy atom. The summed E-state index contributed by atoms with van der Waals surface area (Å²) in [7, 11) is 0. The molecule has 16 heavy (non-hydrogen) atoms. The van der Waals surface area contributed by atoms with Gasteiger partial charge in [-0.15, -0.1) is 0 Å². The van der Waals surface area contributed by atoms with E-state index in [0.717, 1.165) is 19.0 Å². The lowest BCUT2D eigenvalue weighted by Gasteiger charge is -2.27. The maximum absolute atomic E-state index is 5.71. The summed E-state index contributed by atoms with van der Waals surface area (Å²) >= 11 is 0. The van der Waals surface area contributed by atoms with Crippen LogP contribution in [0.2, 0.25) is 0 Å². The Bertz CT molecular complexity index is 368. The van der Waals surface area contributed by atoms with Crippen molar-refractivity contribution >= 4 is 11.5 Å². The molecule has 1 aromatic heterocycles. The minimum atomic E-state index is 0.396. The molecule has 0 aliphatic carbocycles. The predicted molar refractivity (Wildman–Crippen MR) is 68.4 cm³/mol. The molecule has 88 valence electrons. The van der Waals surface area contributed by atoms with Crippen molar-refractivity contribution in [3.05, 3.63) is 18.3 Å². The third kappa shape index (κ3) is 2.29. The molecule has 0 bridgehead atoms. The standard InChI is InChI=1S/C13H21N3/c1-13(2,3)10-5-7-16(9-10)11-4-6-15-12(14)8-11/h4,6,8,10H,5,7,9H2,1-3H3,(H2,14,15). The predicted octanol–water partition coefficient (Wildman–Crippen LogP) is 2.54. The van der Waals surface area contributed by atoms with Crippen LogP contribution in [0, 0.1) is 11.3 Å². The van der Waals surface area contributed by atoms with Crippen LogP contribution in [0.15, 0.2) is 18.3 Å². The van der Waals surface area contributed by atoms with Gasteiger partial charge in [-0.3, -0.25) is 0 Å². The van der Waals surface area contributed by atoms with Crippen molar-refractivity contribution in [1.29, 1.82) is 0 Å². The van der Waals surface area contributed by atoms with E-state index in [-0.39, 0.29) is 0 Å². The minimum absolute atomic E-state index is 0.396. The van der Waals surface area contributed by atoms with E-state index in [1.54, 1.807) is 6.20 Å². The molecule has 1 aliphatic heterocycles. The summed E-state index contributed by atoms with van der Waals surface area (Å²) < 4.78 is 0. The number of anilines is 2. The SMILES string of the molecule is CC(C)(C)C1CCN(c2ccnc(N)c2)C1.